The van der Waals surface area contributed by atoms with E-state index in [9.17, 15) is 9.59 Å². The van der Waals surface area contributed by atoms with Gasteiger partial charge in [0.05, 0.1) is 19.1 Å². The highest BCUT2D eigenvalue weighted by atomic mass is 16.6. The highest BCUT2D eigenvalue weighted by Gasteiger charge is 2.46. The van der Waals surface area contributed by atoms with Crippen LogP contribution in [0.2, 0.25) is 0 Å². The molecule has 1 saturated heterocycles. The maximum atomic E-state index is 13.6. The van der Waals surface area contributed by atoms with Gasteiger partial charge in [-0.05, 0) is 92.7 Å². The molecule has 3 aromatic carbocycles. The van der Waals surface area contributed by atoms with Gasteiger partial charge in [-0.3, -0.25) is 4.79 Å². The molecule has 0 unspecified atom stereocenters. The molecule has 1 aromatic heterocycles. The number of rotatable bonds is 13. The zero-order valence-corrected chi connectivity index (χ0v) is 31.3. The molecule has 52 heavy (non-hydrogen) atoms. The highest BCUT2D eigenvalue weighted by Crippen LogP contribution is 2.37. The number of allylic oxidation sites excluding steroid dienone is 1. The Hall–Kier alpha value is -4.60. The van der Waals surface area contributed by atoms with E-state index in [1.54, 1.807) is 0 Å². The molecule has 0 spiro atoms. The van der Waals surface area contributed by atoms with Crippen molar-refractivity contribution in [3.63, 3.8) is 0 Å². The van der Waals surface area contributed by atoms with E-state index >= 15 is 0 Å². The number of hydrogen-bond acceptors (Lipinski definition) is 6. The zero-order chi connectivity index (χ0) is 36.7. The van der Waals surface area contributed by atoms with Gasteiger partial charge in [0.1, 0.15) is 18.0 Å². The number of aryl methyl sites for hydroxylation is 2. The van der Waals surface area contributed by atoms with Gasteiger partial charge < -0.3 is 18.6 Å². The van der Waals surface area contributed by atoms with E-state index in [4.69, 9.17) is 18.6 Å². The van der Waals surface area contributed by atoms with E-state index in [2.05, 4.69) is 70.7 Å². The molecule has 6 nitrogen and oxygen atoms in total. The fraction of sp³-hybridized carbons (Fsp3) is 0.435. The van der Waals surface area contributed by atoms with Gasteiger partial charge in [-0.25, -0.2) is 4.79 Å². The minimum absolute atomic E-state index is 0.0579. The van der Waals surface area contributed by atoms with Gasteiger partial charge in [0.25, 0.3) is 0 Å². The minimum atomic E-state index is -1.08. The van der Waals surface area contributed by atoms with Gasteiger partial charge in [0.2, 0.25) is 0 Å². The Kier molecular flexibility index (Phi) is 12.0. The van der Waals surface area contributed by atoms with Crippen molar-refractivity contribution in [2.45, 2.75) is 91.8 Å². The first-order valence-electron chi connectivity index (χ1n) is 18.9. The number of carbonyl (C=O) groups excluding carboxylic acids is 2. The van der Waals surface area contributed by atoms with Gasteiger partial charge in [-0.15, -0.1) is 0 Å². The maximum Gasteiger partial charge on any atom is 0.334 e. The Labute approximate surface area is 308 Å². The molecule has 2 atom stereocenters. The van der Waals surface area contributed by atoms with Crippen molar-refractivity contribution in [1.29, 1.82) is 0 Å². The monoisotopic (exact) mass is 700 g/mol. The van der Waals surface area contributed by atoms with Crippen LogP contribution in [0.5, 0.6) is 0 Å². The Balaban J connectivity index is 1.12. The molecule has 6 heteroatoms. The lowest BCUT2D eigenvalue weighted by molar-refractivity contribution is -0.171. The van der Waals surface area contributed by atoms with Crippen LogP contribution in [0.4, 0.5) is 0 Å². The summed E-state index contributed by atoms with van der Waals surface area (Å²) < 4.78 is 24.5. The SMILES string of the molecule is Cc1ccc(C#Cc2ccc3oc4c(c3c2)CC[C@@H](C(=O)OC[C@]2(COCc3ccccc3)C/C(=C\CC(CC(C)C)CC(C)C)C(=O)O2)C4)cc1. The lowest BCUT2D eigenvalue weighted by Gasteiger charge is -2.28. The summed E-state index contributed by atoms with van der Waals surface area (Å²) in [5, 5.41) is 1.05. The molecule has 1 fully saturated rings. The smallest absolute Gasteiger partial charge is 0.334 e. The molecule has 1 aliphatic carbocycles. The van der Waals surface area contributed by atoms with Crippen molar-refractivity contribution in [2.75, 3.05) is 13.2 Å². The number of esters is 2. The number of ether oxygens (including phenoxy) is 3. The van der Waals surface area contributed by atoms with Crippen molar-refractivity contribution in [3.8, 4) is 11.8 Å². The van der Waals surface area contributed by atoms with Gasteiger partial charge in [0, 0.05) is 40.5 Å². The first kappa shape index (κ1) is 37.2. The third kappa shape index (κ3) is 9.63. The van der Waals surface area contributed by atoms with Crippen LogP contribution in [0.3, 0.4) is 0 Å². The Morgan fingerprint density at radius 1 is 0.942 bits per heavy atom. The number of benzene rings is 3. The average Bonchev–Trinajstić information content (AvgIpc) is 3.65. The van der Waals surface area contributed by atoms with E-state index in [-0.39, 0.29) is 31.1 Å². The van der Waals surface area contributed by atoms with Crippen LogP contribution < -0.4 is 0 Å². The predicted molar refractivity (Wildman–Crippen MR) is 204 cm³/mol. The molecule has 272 valence electrons. The molecular formula is C46H52O6. The average molecular weight is 701 g/mol. The van der Waals surface area contributed by atoms with Crippen LogP contribution in [0.1, 0.15) is 93.4 Å². The molecular weight excluding hydrogens is 649 g/mol. The summed E-state index contributed by atoms with van der Waals surface area (Å²) >= 11 is 0. The van der Waals surface area contributed by atoms with Crippen molar-refractivity contribution in [2.24, 2.45) is 23.7 Å². The Morgan fingerprint density at radius 2 is 1.65 bits per heavy atom. The molecule has 4 aromatic rings. The van der Waals surface area contributed by atoms with E-state index in [1.807, 2.05) is 54.6 Å². The van der Waals surface area contributed by atoms with Crippen LogP contribution in [-0.4, -0.2) is 30.8 Å². The summed E-state index contributed by atoms with van der Waals surface area (Å²) in [6.07, 6.45) is 7.26. The molecule has 0 radical (unpaired) electrons. The second-order valence-electron chi connectivity index (χ2n) is 15.7. The molecule has 0 saturated carbocycles. The Bertz CT molecular complexity index is 1930. The first-order chi connectivity index (χ1) is 25.1. The van der Waals surface area contributed by atoms with Crippen LogP contribution in [0.15, 0.2) is 88.9 Å². The first-order valence-corrected chi connectivity index (χ1v) is 18.9. The van der Waals surface area contributed by atoms with Crippen LogP contribution in [0.25, 0.3) is 11.0 Å². The third-order valence-corrected chi connectivity index (χ3v) is 10.1. The maximum absolute atomic E-state index is 13.6. The largest absolute Gasteiger partial charge is 0.461 e. The third-order valence-electron chi connectivity index (χ3n) is 10.1. The lowest BCUT2D eigenvalue weighted by Crippen LogP contribution is -2.41. The predicted octanol–water partition coefficient (Wildman–Crippen LogP) is 9.72. The summed E-state index contributed by atoms with van der Waals surface area (Å²) in [7, 11) is 0. The fourth-order valence-corrected chi connectivity index (χ4v) is 7.60. The molecule has 0 N–H and O–H groups in total. The Morgan fingerprint density at radius 3 is 2.38 bits per heavy atom. The number of cyclic esters (lactones) is 1. The highest BCUT2D eigenvalue weighted by molar-refractivity contribution is 5.91. The quantitative estimate of drug-likeness (QED) is 0.0786. The molecule has 2 heterocycles. The van der Waals surface area contributed by atoms with Gasteiger partial charge in [0.15, 0.2) is 5.60 Å². The van der Waals surface area contributed by atoms with Gasteiger partial charge >= 0.3 is 11.9 Å². The molecule has 0 bridgehead atoms. The zero-order valence-electron chi connectivity index (χ0n) is 31.3. The van der Waals surface area contributed by atoms with E-state index in [0.717, 1.165) is 58.2 Å². The number of carbonyl (C=O) groups is 2. The summed E-state index contributed by atoms with van der Waals surface area (Å²) in [5.41, 5.74) is 5.63. The van der Waals surface area contributed by atoms with E-state index < -0.39 is 5.60 Å². The minimum Gasteiger partial charge on any atom is -0.461 e. The second kappa shape index (κ2) is 16.8. The van der Waals surface area contributed by atoms with Crippen LogP contribution >= 0.6 is 0 Å². The van der Waals surface area contributed by atoms with Crippen LogP contribution in [0, 0.1) is 42.4 Å². The number of furan rings is 1. The van der Waals surface area contributed by atoms with Crippen LogP contribution in [-0.2, 0) is 43.2 Å². The van der Waals surface area contributed by atoms with Gasteiger partial charge in [-0.2, -0.15) is 0 Å². The summed E-state index contributed by atoms with van der Waals surface area (Å²) in [6, 6.07) is 24.1. The van der Waals surface area contributed by atoms with Crippen molar-refractivity contribution < 1.29 is 28.2 Å². The van der Waals surface area contributed by atoms with Crippen molar-refractivity contribution in [3.05, 3.63) is 118 Å². The number of hydrogen-bond donors (Lipinski definition) is 0. The summed E-state index contributed by atoms with van der Waals surface area (Å²) in [6.45, 7) is 11.5. The molecule has 2 aliphatic rings. The molecule has 1 aliphatic heterocycles. The van der Waals surface area contributed by atoms with Crippen molar-refractivity contribution >= 4 is 22.9 Å². The summed E-state index contributed by atoms with van der Waals surface area (Å²) in [5.74, 6) is 8.02. The number of fused-ring (bicyclic) bond motifs is 3. The molecule has 0 amide bonds. The second-order valence-corrected chi connectivity index (χ2v) is 15.7. The normalized spacial score (nSPS) is 19.3. The van der Waals surface area contributed by atoms with Crippen molar-refractivity contribution in [1.82, 2.24) is 0 Å². The summed E-state index contributed by atoms with van der Waals surface area (Å²) in [4.78, 5) is 26.9. The van der Waals surface area contributed by atoms with Gasteiger partial charge in [-0.1, -0.05) is 93.6 Å². The topological polar surface area (TPSA) is 75.0 Å². The van der Waals surface area contributed by atoms with E-state index in [1.165, 1.54) is 5.56 Å². The van der Waals surface area contributed by atoms with E-state index in [0.29, 0.717) is 55.6 Å². The molecule has 6 rings (SSSR count). The fourth-order valence-electron chi connectivity index (χ4n) is 7.60. The standard InChI is InChI=1S/C46H52O6/c1-31(2)23-37(24-32(3)4)17-19-39-27-46(52-45(39)48,29-49-28-36-9-7-6-8-10-36)30-50-44(47)38-20-21-40-41-25-35(18-22-42(41)51-43(40)26-38)16-15-34-13-11-33(5)12-14-34/h6-14,18-19,22,25,31-32,37-38H,17,20-21,23-24,26-30H2,1-5H3/b39-19+/t38-,46-/m1/s1. The lowest BCUT2D eigenvalue weighted by atomic mass is 9.86.